The molecule has 0 aromatic rings. The van der Waals surface area contributed by atoms with Gasteiger partial charge in [-0.25, -0.2) is 0 Å². The number of nitrogens with two attached hydrogens (primary N) is 1. The van der Waals surface area contributed by atoms with Crippen LogP contribution in [0.2, 0.25) is 0 Å². The maximum absolute atomic E-state index is 5.71. The average molecular weight is 225 g/mol. The lowest BCUT2D eigenvalue weighted by molar-refractivity contribution is -0.0526. The number of nitrogens with zero attached hydrogens (tertiary/aromatic N) is 2. The highest BCUT2D eigenvalue weighted by atomic mass is 16.5. The van der Waals surface area contributed by atoms with Crippen LogP contribution in [0.5, 0.6) is 0 Å². The van der Waals surface area contributed by atoms with E-state index in [0.717, 1.165) is 31.7 Å². The summed E-state index contributed by atoms with van der Waals surface area (Å²) >= 11 is 0. The molecular formula is C12H23N3O. The number of hydrogen-bond donors (Lipinski definition) is 1. The van der Waals surface area contributed by atoms with E-state index in [9.17, 15) is 0 Å². The van der Waals surface area contributed by atoms with Gasteiger partial charge in [-0.15, -0.1) is 0 Å². The standard InChI is InChI=1S/C12H23N3O/c13-7-11-9-15(5-6-16-11)12-2-4-14-3-1-10(12)8-14/h10-12H,1-9,13H2. The number of hydrogen-bond acceptors (Lipinski definition) is 4. The minimum Gasteiger partial charge on any atom is -0.374 e. The molecule has 3 rings (SSSR count). The van der Waals surface area contributed by atoms with Gasteiger partial charge >= 0.3 is 0 Å². The van der Waals surface area contributed by atoms with Crippen LogP contribution < -0.4 is 5.73 Å². The molecule has 4 unspecified atom stereocenters. The van der Waals surface area contributed by atoms with E-state index in [2.05, 4.69) is 9.80 Å². The molecule has 2 bridgehead atoms. The van der Waals surface area contributed by atoms with Crippen molar-refractivity contribution in [1.29, 1.82) is 0 Å². The zero-order chi connectivity index (χ0) is 11.0. The monoisotopic (exact) mass is 225 g/mol. The first-order valence-corrected chi connectivity index (χ1v) is 6.65. The number of fused-ring (bicyclic) bond motifs is 2. The fraction of sp³-hybridized carbons (Fsp3) is 1.00. The average Bonchev–Trinajstić information content (AvgIpc) is 2.71. The highest BCUT2D eigenvalue weighted by Gasteiger charge is 2.38. The van der Waals surface area contributed by atoms with Crippen LogP contribution in [0.1, 0.15) is 12.8 Å². The van der Waals surface area contributed by atoms with Crippen molar-refractivity contribution in [2.45, 2.75) is 25.0 Å². The van der Waals surface area contributed by atoms with Crippen LogP contribution in [0.25, 0.3) is 0 Å². The molecule has 0 saturated carbocycles. The zero-order valence-electron chi connectivity index (χ0n) is 9.98. The molecule has 4 atom stereocenters. The Bertz CT molecular complexity index is 248. The summed E-state index contributed by atoms with van der Waals surface area (Å²) in [6.07, 6.45) is 3.02. The van der Waals surface area contributed by atoms with Crippen LogP contribution in [0.15, 0.2) is 0 Å². The molecule has 3 heterocycles. The third kappa shape index (κ3) is 1.99. The van der Waals surface area contributed by atoms with Gasteiger partial charge in [0, 0.05) is 32.2 Å². The van der Waals surface area contributed by atoms with Gasteiger partial charge in [0.05, 0.1) is 12.7 Å². The van der Waals surface area contributed by atoms with E-state index in [4.69, 9.17) is 10.5 Å². The van der Waals surface area contributed by atoms with E-state index in [1.165, 1.54) is 32.5 Å². The second kappa shape index (κ2) is 4.61. The van der Waals surface area contributed by atoms with E-state index in [0.29, 0.717) is 6.54 Å². The highest BCUT2D eigenvalue weighted by Crippen LogP contribution is 2.31. The van der Waals surface area contributed by atoms with Gasteiger partial charge in [-0.05, 0) is 31.8 Å². The first kappa shape index (κ1) is 11.0. The smallest absolute Gasteiger partial charge is 0.0824 e. The number of rotatable bonds is 2. The molecule has 92 valence electrons. The van der Waals surface area contributed by atoms with Crippen LogP contribution in [-0.2, 0) is 4.74 Å². The van der Waals surface area contributed by atoms with Crippen LogP contribution in [0, 0.1) is 5.92 Å². The van der Waals surface area contributed by atoms with Gasteiger partial charge in [0.15, 0.2) is 0 Å². The van der Waals surface area contributed by atoms with Crippen molar-refractivity contribution in [1.82, 2.24) is 9.80 Å². The lowest BCUT2D eigenvalue weighted by Crippen LogP contribution is -2.54. The highest BCUT2D eigenvalue weighted by molar-refractivity contribution is 4.93. The Hall–Kier alpha value is -0.160. The summed E-state index contributed by atoms with van der Waals surface area (Å²) < 4.78 is 5.65. The zero-order valence-corrected chi connectivity index (χ0v) is 9.98. The predicted molar refractivity (Wildman–Crippen MR) is 63.3 cm³/mol. The van der Waals surface area contributed by atoms with Crippen LogP contribution in [-0.4, -0.2) is 67.8 Å². The molecular weight excluding hydrogens is 202 g/mol. The Morgan fingerprint density at radius 1 is 1.12 bits per heavy atom. The van der Waals surface area contributed by atoms with Gasteiger partial charge in [-0.2, -0.15) is 0 Å². The normalized spacial score (nSPS) is 44.8. The molecule has 0 radical (unpaired) electrons. The van der Waals surface area contributed by atoms with Crippen molar-refractivity contribution < 1.29 is 4.74 Å². The van der Waals surface area contributed by atoms with Crippen molar-refractivity contribution in [3.05, 3.63) is 0 Å². The molecule has 3 aliphatic heterocycles. The molecule has 0 aromatic carbocycles. The molecule has 3 aliphatic rings. The van der Waals surface area contributed by atoms with Crippen LogP contribution in [0.4, 0.5) is 0 Å². The SMILES string of the molecule is NCC1CN(C2CCN3CCC2C3)CCO1. The maximum atomic E-state index is 5.71. The van der Waals surface area contributed by atoms with Gasteiger partial charge in [0.1, 0.15) is 0 Å². The topological polar surface area (TPSA) is 41.7 Å². The fourth-order valence-corrected chi connectivity index (χ4v) is 3.60. The summed E-state index contributed by atoms with van der Waals surface area (Å²) in [4.78, 5) is 5.26. The molecule has 0 amide bonds. The summed E-state index contributed by atoms with van der Waals surface area (Å²) in [6.45, 7) is 7.65. The van der Waals surface area contributed by atoms with Gasteiger partial charge in [-0.1, -0.05) is 0 Å². The van der Waals surface area contributed by atoms with Gasteiger partial charge < -0.3 is 15.4 Å². The van der Waals surface area contributed by atoms with Crippen LogP contribution >= 0.6 is 0 Å². The first-order chi connectivity index (χ1) is 7.86. The van der Waals surface area contributed by atoms with E-state index in [1.54, 1.807) is 0 Å². The lowest BCUT2D eigenvalue weighted by Gasteiger charge is -2.42. The largest absolute Gasteiger partial charge is 0.374 e. The van der Waals surface area contributed by atoms with Crippen molar-refractivity contribution in [3.63, 3.8) is 0 Å². The summed E-state index contributed by atoms with van der Waals surface area (Å²) in [5.41, 5.74) is 5.71. The quantitative estimate of drug-likeness (QED) is 0.703. The molecule has 4 nitrogen and oxygen atoms in total. The van der Waals surface area contributed by atoms with Crippen molar-refractivity contribution >= 4 is 0 Å². The van der Waals surface area contributed by atoms with E-state index >= 15 is 0 Å². The van der Waals surface area contributed by atoms with Crippen molar-refractivity contribution in [2.24, 2.45) is 11.7 Å². The maximum Gasteiger partial charge on any atom is 0.0824 e. The molecule has 3 saturated heterocycles. The fourth-order valence-electron chi connectivity index (χ4n) is 3.60. The lowest BCUT2D eigenvalue weighted by atomic mass is 9.92. The van der Waals surface area contributed by atoms with Gasteiger partial charge in [0.2, 0.25) is 0 Å². The van der Waals surface area contributed by atoms with E-state index in [1.807, 2.05) is 0 Å². The number of morpholine rings is 1. The molecule has 0 spiro atoms. The van der Waals surface area contributed by atoms with Crippen molar-refractivity contribution in [3.8, 4) is 0 Å². The Kier molecular flexibility index (Phi) is 3.16. The Labute approximate surface area is 97.7 Å². The van der Waals surface area contributed by atoms with Gasteiger partial charge in [-0.3, -0.25) is 4.90 Å². The third-order valence-corrected chi connectivity index (χ3v) is 4.50. The second-order valence-electron chi connectivity index (χ2n) is 5.43. The van der Waals surface area contributed by atoms with Gasteiger partial charge in [0.25, 0.3) is 0 Å². The minimum atomic E-state index is 0.271. The Morgan fingerprint density at radius 3 is 2.88 bits per heavy atom. The summed E-state index contributed by atoms with van der Waals surface area (Å²) in [5, 5.41) is 0. The minimum absolute atomic E-state index is 0.271. The molecule has 4 heteroatoms. The number of ether oxygens (including phenoxy) is 1. The molecule has 16 heavy (non-hydrogen) atoms. The summed E-state index contributed by atoms with van der Waals surface area (Å²) in [5.74, 6) is 0.908. The third-order valence-electron chi connectivity index (χ3n) is 4.50. The summed E-state index contributed by atoms with van der Waals surface area (Å²) in [6, 6.07) is 0.802. The van der Waals surface area contributed by atoms with Crippen LogP contribution in [0.3, 0.4) is 0 Å². The van der Waals surface area contributed by atoms with E-state index in [-0.39, 0.29) is 6.10 Å². The molecule has 2 N–H and O–H groups in total. The molecule has 0 aromatic heterocycles. The number of piperidine rings is 1. The second-order valence-corrected chi connectivity index (χ2v) is 5.43. The molecule has 3 fully saturated rings. The Morgan fingerprint density at radius 2 is 2.00 bits per heavy atom. The Balaban J connectivity index is 1.63. The van der Waals surface area contributed by atoms with Crippen molar-refractivity contribution in [2.75, 3.05) is 45.9 Å². The predicted octanol–water partition coefficient (Wildman–Crippen LogP) is -0.260. The summed E-state index contributed by atoms with van der Waals surface area (Å²) in [7, 11) is 0. The van der Waals surface area contributed by atoms with E-state index < -0.39 is 0 Å². The first-order valence-electron chi connectivity index (χ1n) is 6.65. The molecule has 0 aliphatic carbocycles.